The lowest BCUT2D eigenvalue weighted by Crippen LogP contribution is -2.44. The number of aryl methyl sites for hydroxylation is 1. The van der Waals surface area contributed by atoms with Crippen molar-refractivity contribution >= 4 is 0 Å². The molecule has 2 aliphatic rings. The van der Waals surface area contributed by atoms with Gasteiger partial charge < -0.3 is 10.2 Å². The lowest BCUT2D eigenvalue weighted by Gasteiger charge is -2.35. The number of benzene rings is 1. The zero-order valence-corrected chi connectivity index (χ0v) is 16.5. The molecule has 1 saturated heterocycles. The monoisotopic (exact) mass is 352 g/mol. The second kappa shape index (κ2) is 7.53. The summed E-state index contributed by atoms with van der Waals surface area (Å²) in [6.45, 7) is 10.3. The Morgan fingerprint density at radius 2 is 1.96 bits per heavy atom. The summed E-state index contributed by atoms with van der Waals surface area (Å²) in [7, 11) is 0. The van der Waals surface area contributed by atoms with Crippen LogP contribution in [0.3, 0.4) is 0 Å². The Morgan fingerprint density at radius 3 is 2.73 bits per heavy atom. The van der Waals surface area contributed by atoms with Crippen LogP contribution in [-0.4, -0.2) is 40.4 Å². The number of nitrogens with zero attached hydrogens (tertiary/aromatic N) is 3. The van der Waals surface area contributed by atoms with Gasteiger partial charge in [-0.05, 0) is 82.8 Å². The quantitative estimate of drug-likeness (QED) is 0.905. The van der Waals surface area contributed by atoms with Crippen molar-refractivity contribution in [3.8, 4) is 5.69 Å². The zero-order chi connectivity index (χ0) is 18.1. The third-order valence-corrected chi connectivity index (χ3v) is 6.46. The first kappa shape index (κ1) is 17.7. The molecule has 2 aromatic rings. The fourth-order valence-electron chi connectivity index (χ4n) is 4.60. The van der Waals surface area contributed by atoms with Crippen LogP contribution < -0.4 is 5.32 Å². The van der Waals surface area contributed by atoms with E-state index in [0.29, 0.717) is 12.1 Å². The molecule has 1 aliphatic carbocycles. The minimum Gasteiger partial charge on any atom is -0.307 e. The molecule has 140 valence electrons. The highest BCUT2D eigenvalue weighted by atomic mass is 15.3. The fourth-order valence-corrected chi connectivity index (χ4v) is 4.60. The first-order valence-corrected chi connectivity index (χ1v) is 10.3. The summed E-state index contributed by atoms with van der Waals surface area (Å²) in [5, 5.41) is 8.78. The summed E-state index contributed by atoms with van der Waals surface area (Å²) in [4.78, 5) is 2.56. The molecule has 1 unspecified atom stereocenters. The lowest BCUT2D eigenvalue weighted by atomic mass is 9.91. The molecule has 1 aromatic carbocycles. The molecule has 1 atom stereocenters. The van der Waals surface area contributed by atoms with Crippen LogP contribution in [0.15, 0.2) is 24.4 Å². The van der Waals surface area contributed by atoms with E-state index in [0.717, 1.165) is 6.42 Å². The summed E-state index contributed by atoms with van der Waals surface area (Å²) in [5.41, 5.74) is 6.74. The van der Waals surface area contributed by atoms with Gasteiger partial charge in [0.2, 0.25) is 0 Å². The van der Waals surface area contributed by atoms with Crippen molar-refractivity contribution < 1.29 is 0 Å². The van der Waals surface area contributed by atoms with Crippen molar-refractivity contribution in [2.75, 3.05) is 19.6 Å². The molecule has 1 N–H and O–H groups in total. The molecule has 2 heterocycles. The average molecular weight is 353 g/mol. The van der Waals surface area contributed by atoms with Gasteiger partial charge in [0.25, 0.3) is 0 Å². The number of hydrogen-bond donors (Lipinski definition) is 1. The maximum atomic E-state index is 4.81. The highest BCUT2D eigenvalue weighted by Gasteiger charge is 2.28. The lowest BCUT2D eigenvalue weighted by molar-refractivity contribution is 0.196. The van der Waals surface area contributed by atoms with Gasteiger partial charge in [-0.1, -0.05) is 19.1 Å². The van der Waals surface area contributed by atoms with Gasteiger partial charge in [-0.15, -0.1) is 0 Å². The Hall–Kier alpha value is -1.65. The molecule has 4 rings (SSSR count). The first-order valence-electron chi connectivity index (χ1n) is 10.3. The fraction of sp³-hybridized carbons (Fsp3) is 0.591. The van der Waals surface area contributed by atoms with Crippen molar-refractivity contribution in [1.29, 1.82) is 0 Å². The standard InChI is InChI=1S/C22H32N4/c1-4-25-13-11-18(12-14-25)24-20-8-6-10-22-19(20)15-23-26(22)21-9-5-7-16(2)17(21)3/h5,7,9,15,18,20,24H,4,6,8,10-14H2,1-3H3. The predicted molar refractivity (Wildman–Crippen MR) is 107 cm³/mol. The summed E-state index contributed by atoms with van der Waals surface area (Å²) >= 11 is 0. The van der Waals surface area contributed by atoms with Crippen molar-refractivity contribution in [2.24, 2.45) is 0 Å². The minimum absolute atomic E-state index is 0.468. The van der Waals surface area contributed by atoms with Gasteiger partial charge in [-0.2, -0.15) is 5.10 Å². The van der Waals surface area contributed by atoms with Crippen LogP contribution in [0.25, 0.3) is 5.69 Å². The number of piperidine rings is 1. The third kappa shape index (κ3) is 3.33. The van der Waals surface area contributed by atoms with Gasteiger partial charge >= 0.3 is 0 Å². The summed E-state index contributed by atoms with van der Waals surface area (Å²) < 4.78 is 2.20. The maximum absolute atomic E-state index is 4.81. The molecule has 0 spiro atoms. The normalized spacial score (nSPS) is 21.7. The summed E-state index contributed by atoms with van der Waals surface area (Å²) in [6, 6.07) is 7.65. The van der Waals surface area contributed by atoms with Gasteiger partial charge in [0.05, 0.1) is 11.9 Å². The van der Waals surface area contributed by atoms with E-state index in [9.17, 15) is 0 Å². The smallest absolute Gasteiger partial charge is 0.0680 e. The van der Waals surface area contributed by atoms with Crippen LogP contribution in [0.4, 0.5) is 0 Å². The van der Waals surface area contributed by atoms with Gasteiger partial charge in [-0.25, -0.2) is 4.68 Å². The van der Waals surface area contributed by atoms with Gasteiger partial charge in [0.1, 0.15) is 0 Å². The maximum Gasteiger partial charge on any atom is 0.0680 e. The molecule has 1 fully saturated rings. The van der Waals surface area contributed by atoms with Crippen molar-refractivity contribution in [2.45, 2.75) is 65.0 Å². The first-order chi connectivity index (χ1) is 12.7. The van der Waals surface area contributed by atoms with E-state index in [1.165, 1.54) is 73.4 Å². The van der Waals surface area contributed by atoms with Crippen molar-refractivity contribution in [3.05, 3.63) is 46.8 Å². The van der Waals surface area contributed by atoms with E-state index in [-0.39, 0.29) is 0 Å². The van der Waals surface area contributed by atoms with E-state index in [1.807, 2.05) is 0 Å². The number of hydrogen-bond acceptors (Lipinski definition) is 3. The van der Waals surface area contributed by atoms with E-state index in [2.05, 4.69) is 60.1 Å². The van der Waals surface area contributed by atoms with Crippen molar-refractivity contribution in [3.63, 3.8) is 0 Å². The molecule has 26 heavy (non-hydrogen) atoms. The van der Waals surface area contributed by atoms with E-state index in [1.54, 1.807) is 0 Å². The highest BCUT2D eigenvalue weighted by molar-refractivity contribution is 5.46. The molecular formula is C22H32N4. The number of likely N-dealkylation sites (tertiary alicyclic amines) is 1. The Labute approximate surface area is 157 Å². The SMILES string of the molecule is CCN1CCC(NC2CCCc3c2cnn3-c2cccc(C)c2C)CC1. The molecule has 0 bridgehead atoms. The second-order valence-electron chi connectivity index (χ2n) is 8.00. The van der Waals surface area contributed by atoms with Gasteiger partial charge in [0.15, 0.2) is 0 Å². The Balaban J connectivity index is 1.55. The van der Waals surface area contributed by atoms with Crippen LogP contribution in [0, 0.1) is 13.8 Å². The molecule has 1 aromatic heterocycles. The number of fused-ring (bicyclic) bond motifs is 1. The number of nitrogens with one attached hydrogen (secondary N) is 1. The van der Waals surface area contributed by atoms with Crippen molar-refractivity contribution in [1.82, 2.24) is 20.0 Å². The number of rotatable bonds is 4. The Bertz CT molecular complexity index is 755. The van der Waals surface area contributed by atoms with E-state index < -0.39 is 0 Å². The predicted octanol–water partition coefficient (Wildman–Crippen LogP) is 3.94. The van der Waals surface area contributed by atoms with E-state index in [4.69, 9.17) is 5.10 Å². The summed E-state index contributed by atoms with van der Waals surface area (Å²) in [5.74, 6) is 0. The van der Waals surface area contributed by atoms with Gasteiger partial charge in [0, 0.05) is 23.3 Å². The van der Waals surface area contributed by atoms with Crippen LogP contribution in [-0.2, 0) is 6.42 Å². The zero-order valence-electron chi connectivity index (χ0n) is 16.5. The minimum atomic E-state index is 0.468. The van der Waals surface area contributed by atoms with Crippen LogP contribution in [0.5, 0.6) is 0 Å². The molecule has 0 radical (unpaired) electrons. The third-order valence-electron chi connectivity index (χ3n) is 6.46. The largest absolute Gasteiger partial charge is 0.307 e. The Morgan fingerprint density at radius 1 is 1.15 bits per heavy atom. The average Bonchev–Trinajstić information content (AvgIpc) is 3.10. The van der Waals surface area contributed by atoms with Crippen LogP contribution in [0.1, 0.15) is 61.0 Å². The highest BCUT2D eigenvalue weighted by Crippen LogP contribution is 2.33. The molecule has 4 nitrogen and oxygen atoms in total. The topological polar surface area (TPSA) is 33.1 Å². The van der Waals surface area contributed by atoms with Crippen LogP contribution >= 0.6 is 0 Å². The molecular weight excluding hydrogens is 320 g/mol. The Kier molecular flexibility index (Phi) is 5.14. The molecule has 0 amide bonds. The number of aromatic nitrogens is 2. The van der Waals surface area contributed by atoms with Crippen LogP contribution in [0.2, 0.25) is 0 Å². The molecule has 4 heteroatoms. The van der Waals surface area contributed by atoms with Gasteiger partial charge in [-0.3, -0.25) is 0 Å². The second-order valence-corrected chi connectivity index (χ2v) is 8.00. The summed E-state index contributed by atoms with van der Waals surface area (Å²) in [6.07, 6.45) is 8.27. The molecule has 1 aliphatic heterocycles. The van der Waals surface area contributed by atoms with E-state index >= 15 is 0 Å². The molecule has 0 saturated carbocycles.